The number of hydrogen-bond acceptors (Lipinski definition) is 3. The van der Waals surface area contributed by atoms with E-state index >= 15 is 0 Å². The SMILES string of the molecule is CN1C(=O)C(N(C(=O)O)C(C)(C)C)COc2ccc(F)cc21. The van der Waals surface area contributed by atoms with Crippen LogP contribution in [0.4, 0.5) is 14.9 Å². The molecule has 0 aromatic heterocycles. The lowest BCUT2D eigenvalue weighted by Crippen LogP contribution is -2.58. The minimum atomic E-state index is -1.21. The molecule has 1 unspecified atom stereocenters. The molecule has 2 amide bonds. The number of nitrogens with zero attached hydrogens (tertiary/aromatic N) is 2. The van der Waals surface area contributed by atoms with Gasteiger partial charge in [0.05, 0.1) is 5.69 Å². The Kier molecular flexibility index (Phi) is 4.00. The minimum Gasteiger partial charge on any atom is -0.489 e. The molecule has 1 N–H and O–H groups in total. The summed E-state index contributed by atoms with van der Waals surface area (Å²) in [5.74, 6) is -0.605. The number of fused-ring (bicyclic) bond motifs is 1. The summed E-state index contributed by atoms with van der Waals surface area (Å²) in [6, 6.07) is 2.85. The lowest BCUT2D eigenvalue weighted by molar-refractivity contribution is -0.125. The third-order valence-electron chi connectivity index (χ3n) is 3.54. The van der Waals surface area contributed by atoms with Gasteiger partial charge >= 0.3 is 6.09 Å². The fourth-order valence-corrected chi connectivity index (χ4v) is 2.53. The van der Waals surface area contributed by atoms with Gasteiger partial charge in [0, 0.05) is 18.7 Å². The number of halogens is 1. The van der Waals surface area contributed by atoms with Gasteiger partial charge in [-0.2, -0.15) is 0 Å². The lowest BCUT2D eigenvalue weighted by Gasteiger charge is -2.38. The monoisotopic (exact) mass is 310 g/mol. The fraction of sp³-hybridized carbons (Fsp3) is 0.467. The van der Waals surface area contributed by atoms with Crippen molar-refractivity contribution in [1.29, 1.82) is 0 Å². The van der Waals surface area contributed by atoms with Crippen LogP contribution in [-0.4, -0.2) is 47.2 Å². The predicted octanol–water partition coefficient (Wildman–Crippen LogP) is 2.33. The van der Waals surface area contributed by atoms with Gasteiger partial charge in [-0.1, -0.05) is 0 Å². The summed E-state index contributed by atoms with van der Waals surface area (Å²) in [6.07, 6.45) is -1.21. The highest BCUT2D eigenvalue weighted by molar-refractivity contribution is 6.00. The number of carbonyl (C=O) groups is 2. The van der Waals surface area contributed by atoms with Crippen LogP contribution in [0.15, 0.2) is 18.2 Å². The number of carboxylic acid groups (broad SMARTS) is 1. The molecule has 0 bridgehead atoms. The van der Waals surface area contributed by atoms with Crippen molar-refractivity contribution in [1.82, 2.24) is 4.90 Å². The summed E-state index contributed by atoms with van der Waals surface area (Å²) in [6.45, 7) is 4.98. The molecule has 1 aromatic rings. The van der Waals surface area contributed by atoms with Crippen molar-refractivity contribution in [3.63, 3.8) is 0 Å². The molecule has 1 atom stereocenters. The molecule has 6 nitrogen and oxygen atoms in total. The van der Waals surface area contributed by atoms with Crippen molar-refractivity contribution in [3.8, 4) is 5.75 Å². The molecular formula is C15H19FN2O4. The van der Waals surface area contributed by atoms with Crippen LogP contribution in [0.3, 0.4) is 0 Å². The van der Waals surface area contributed by atoms with Crippen LogP contribution in [0.5, 0.6) is 5.75 Å². The predicted molar refractivity (Wildman–Crippen MR) is 78.7 cm³/mol. The second-order valence-electron chi connectivity index (χ2n) is 6.16. The third kappa shape index (κ3) is 2.84. The fourth-order valence-electron chi connectivity index (χ4n) is 2.53. The molecule has 1 aromatic carbocycles. The molecule has 0 radical (unpaired) electrons. The van der Waals surface area contributed by atoms with Crippen molar-refractivity contribution in [2.75, 3.05) is 18.6 Å². The van der Waals surface area contributed by atoms with Gasteiger partial charge in [0.2, 0.25) is 0 Å². The van der Waals surface area contributed by atoms with Gasteiger partial charge in [-0.15, -0.1) is 0 Å². The van der Waals surface area contributed by atoms with Crippen LogP contribution in [0, 0.1) is 5.82 Å². The summed E-state index contributed by atoms with van der Waals surface area (Å²) in [5.41, 5.74) is -0.496. The van der Waals surface area contributed by atoms with Crippen LogP contribution in [-0.2, 0) is 4.79 Å². The van der Waals surface area contributed by atoms with Crippen LogP contribution in [0.1, 0.15) is 20.8 Å². The van der Waals surface area contributed by atoms with Gasteiger partial charge in [-0.05, 0) is 32.9 Å². The molecule has 22 heavy (non-hydrogen) atoms. The van der Waals surface area contributed by atoms with Crippen LogP contribution >= 0.6 is 0 Å². The summed E-state index contributed by atoms with van der Waals surface area (Å²) >= 11 is 0. The van der Waals surface area contributed by atoms with Crippen LogP contribution in [0.25, 0.3) is 0 Å². The largest absolute Gasteiger partial charge is 0.489 e. The van der Waals surface area contributed by atoms with Gasteiger partial charge in [0.1, 0.15) is 24.2 Å². The highest BCUT2D eigenvalue weighted by atomic mass is 19.1. The molecule has 0 fully saturated rings. The number of likely N-dealkylation sites (N-methyl/N-ethyl adjacent to an activating group) is 1. The summed E-state index contributed by atoms with van der Waals surface area (Å²) in [7, 11) is 1.48. The van der Waals surface area contributed by atoms with Crippen molar-refractivity contribution in [3.05, 3.63) is 24.0 Å². The Morgan fingerprint density at radius 2 is 2.09 bits per heavy atom. The molecule has 120 valence electrons. The maximum atomic E-state index is 13.4. The first-order chi connectivity index (χ1) is 10.1. The van der Waals surface area contributed by atoms with Crippen molar-refractivity contribution in [2.24, 2.45) is 0 Å². The average Bonchev–Trinajstić information content (AvgIpc) is 2.50. The number of ether oxygens (including phenoxy) is 1. The number of anilines is 1. The van der Waals surface area contributed by atoms with E-state index in [1.54, 1.807) is 20.8 Å². The Balaban J connectivity index is 2.43. The second kappa shape index (κ2) is 5.47. The average molecular weight is 310 g/mol. The lowest BCUT2D eigenvalue weighted by atomic mass is 10.0. The molecule has 7 heteroatoms. The van der Waals surface area contributed by atoms with Gasteiger partial charge in [-0.25, -0.2) is 9.18 Å². The van der Waals surface area contributed by atoms with Gasteiger partial charge in [0.15, 0.2) is 0 Å². The first kappa shape index (κ1) is 16.1. The Morgan fingerprint density at radius 3 is 2.64 bits per heavy atom. The number of amides is 2. The van der Waals surface area contributed by atoms with E-state index < -0.39 is 29.4 Å². The van der Waals surface area contributed by atoms with E-state index in [1.165, 1.54) is 30.1 Å². The molecule has 2 rings (SSSR count). The first-order valence-electron chi connectivity index (χ1n) is 6.85. The third-order valence-corrected chi connectivity index (χ3v) is 3.54. The van der Waals surface area contributed by atoms with Gasteiger partial charge in [0.25, 0.3) is 5.91 Å². The van der Waals surface area contributed by atoms with Gasteiger partial charge in [-0.3, -0.25) is 9.69 Å². The Bertz CT molecular complexity index is 612. The molecule has 0 aliphatic carbocycles. The van der Waals surface area contributed by atoms with Crippen molar-refractivity contribution in [2.45, 2.75) is 32.4 Å². The van der Waals surface area contributed by atoms with E-state index in [1.807, 2.05) is 0 Å². The van der Waals surface area contributed by atoms with Gasteiger partial charge < -0.3 is 14.7 Å². The smallest absolute Gasteiger partial charge is 0.408 e. The highest BCUT2D eigenvalue weighted by Gasteiger charge is 2.41. The first-order valence-corrected chi connectivity index (χ1v) is 6.85. The normalized spacial score (nSPS) is 18.3. The quantitative estimate of drug-likeness (QED) is 0.864. The number of carbonyl (C=O) groups excluding carboxylic acids is 1. The highest BCUT2D eigenvalue weighted by Crippen LogP contribution is 2.33. The number of benzene rings is 1. The molecule has 1 aliphatic rings. The second-order valence-corrected chi connectivity index (χ2v) is 6.16. The summed E-state index contributed by atoms with van der Waals surface area (Å²) in [4.78, 5) is 26.5. The molecular weight excluding hydrogens is 291 g/mol. The summed E-state index contributed by atoms with van der Waals surface area (Å²) < 4.78 is 19.0. The zero-order valence-corrected chi connectivity index (χ0v) is 13.0. The summed E-state index contributed by atoms with van der Waals surface area (Å²) in [5, 5.41) is 9.46. The molecule has 0 saturated heterocycles. The van der Waals surface area contributed by atoms with E-state index in [4.69, 9.17) is 4.74 Å². The molecule has 0 saturated carbocycles. The standard InChI is InChI=1S/C15H19FN2O4/c1-15(2,3)18(14(20)21)11-8-22-12-6-5-9(16)7-10(12)17(4)13(11)19/h5-7,11H,8H2,1-4H3,(H,20,21). The molecule has 1 aliphatic heterocycles. The van der Waals surface area contributed by atoms with Crippen molar-refractivity contribution < 1.29 is 23.8 Å². The Hall–Kier alpha value is -2.31. The number of rotatable bonds is 1. The maximum absolute atomic E-state index is 13.4. The molecule has 0 spiro atoms. The Labute approximate surface area is 128 Å². The number of hydrogen-bond donors (Lipinski definition) is 1. The minimum absolute atomic E-state index is 0.120. The van der Waals surface area contributed by atoms with E-state index in [2.05, 4.69) is 0 Å². The topological polar surface area (TPSA) is 70.1 Å². The molecule has 1 heterocycles. The van der Waals surface area contributed by atoms with Crippen molar-refractivity contribution >= 4 is 17.7 Å². The van der Waals surface area contributed by atoms with Crippen LogP contribution in [0.2, 0.25) is 0 Å². The maximum Gasteiger partial charge on any atom is 0.408 e. The Morgan fingerprint density at radius 1 is 1.45 bits per heavy atom. The van der Waals surface area contributed by atoms with E-state index in [0.29, 0.717) is 5.75 Å². The van der Waals surface area contributed by atoms with E-state index in [0.717, 1.165) is 4.90 Å². The van der Waals surface area contributed by atoms with Crippen LogP contribution < -0.4 is 9.64 Å². The van der Waals surface area contributed by atoms with E-state index in [-0.39, 0.29) is 12.3 Å². The van der Waals surface area contributed by atoms with E-state index in [9.17, 15) is 19.1 Å². The zero-order chi connectivity index (χ0) is 16.7. The zero-order valence-electron chi connectivity index (χ0n) is 13.0.